The van der Waals surface area contributed by atoms with Crippen LogP contribution in [0.1, 0.15) is 66.2 Å². The molecule has 0 spiro atoms. The smallest absolute Gasteiger partial charge is 0.195 e. The van der Waals surface area contributed by atoms with Crippen LogP contribution in [0.25, 0.3) is 0 Å². The molecule has 0 radical (unpaired) electrons. The van der Waals surface area contributed by atoms with Crippen LogP contribution in [0.3, 0.4) is 0 Å². The van der Waals surface area contributed by atoms with Crippen molar-refractivity contribution >= 4 is 20.4 Å². The summed E-state index contributed by atoms with van der Waals surface area (Å²) in [6.07, 6.45) is 6.03. The molecule has 0 N–H and O–H groups in total. The van der Waals surface area contributed by atoms with Crippen LogP contribution in [-0.4, -0.2) is 26.5 Å². The summed E-state index contributed by atoms with van der Waals surface area (Å²) in [7, 11) is -1.81. The topological polar surface area (TPSA) is 43.4 Å². The molecule has 0 rings (SSSR count). The van der Waals surface area contributed by atoms with E-state index >= 15 is 0 Å². The van der Waals surface area contributed by atoms with Crippen molar-refractivity contribution in [1.29, 1.82) is 0 Å². The van der Waals surface area contributed by atoms with E-state index in [9.17, 15) is 9.59 Å². The molecule has 0 amide bonds. The van der Waals surface area contributed by atoms with E-state index in [4.69, 9.17) is 4.43 Å². The predicted molar refractivity (Wildman–Crippen MR) is 86.5 cm³/mol. The molecule has 118 valence electrons. The summed E-state index contributed by atoms with van der Waals surface area (Å²) in [5, 5.41) is 0.171. The molecule has 0 aliphatic rings. The molecule has 0 aromatic rings. The molecule has 0 saturated carbocycles. The van der Waals surface area contributed by atoms with Crippen molar-refractivity contribution in [3.05, 3.63) is 0 Å². The van der Waals surface area contributed by atoms with Crippen molar-refractivity contribution < 1.29 is 14.0 Å². The van der Waals surface area contributed by atoms with E-state index in [0.29, 0.717) is 19.1 Å². The van der Waals surface area contributed by atoms with Crippen molar-refractivity contribution in [2.45, 2.75) is 90.5 Å². The van der Waals surface area contributed by atoms with E-state index in [2.05, 4.69) is 40.8 Å². The van der Waals surface area contributed by atoms with E-state index < -0.39 is 8.32 Å². The molecule has 0 bridgehead atoms. The highest BCUT2D eigenvalue weighted by Crippen LogP contribution is 2.38. The van der Waals surface area contributed by atoms with Crippen molar-refractivity contribution in [3.8, 4) is 0 Å². The number of unbranched alkanes of at least 4 members (excludes halogenated alkanes) is 2. The Hall–Kier alpha value is -0.483. The average Bonchev–Trinajstić information content (AvgIpc) is 2.33. The van der Waals surface area contributed by atoms with Crippen LogP contribution in [0.15, 0.2) is 0 Å². The van der Waals surface area contributed by atoms with Crippen LogP contribution in [0.5, 0.6) is 0 Å². The first-order valence-electron chi connectivity index (χ1n) is 7.80. The highest BCUT2D eigenvalue weighted by atomic mass is 28.4. The average molecular weight is 301 g/mol. The largest absolute Gasteiger partial charge is 0.414 e. The van der Waals surface area contributed by atoms with Crippen molar-refractivity contribution in [3.63, 3.8) is 0 Å². The Labute approximate surface area is 125 Å². The highest BCUT2D eigenvalue weighted by molar-refractivity contribution is 6.74. The SMILES string of the molecule is CCCCCC(CCC(=O)C=O)O[Si](C)(C)C(C)(C)C. The first-order valence-corrected chi connectivity index (χ1v) is 10.7. The summed E-state index contributed by atoms with van der Waals surface area (Å²) >= 11 is 0. The van der Waals surface area contributed by atoms with Gasteiger partial charge in [0, 0.05) is 12.5 Å². The third-order valence-corrected chi connectivity index (χ3v) is 8.78. The second-order valence-corrected chi connectivity index (χ2v) is 11.9. The van der Waals surface area contributed by atoms with Crippen LogP contribution < -0.4 is 0 Å². The van der Waals surface area contributed by atoms with Gasteiger partial charge >= 0.3 is 0 Å². The normalized spacial score (nSPS) is 14.1. The number of carbonyl (C=O) groups is 2. The zero-order valence-corrected chi connectivity index (χ0v) is 15.1. The zero-order valence-electron chi connectivity index (χ0n) is 14.1. The van der Waals surface area contributed by atoms with E-state index in [1.54, 1.807) is 0 Å². The maximum absolute atomic E-state index is 11.2. The molecule has 20 heavy (non-hydrogen) atoms. The van der Waals surface area contributed by atoms with Crippen LogP contribution in [0, 0.1) is 0 Å². The minimum atomic E-state index is -1.81. The lowest BCUT2D eigenvalue weighted by molar-refractivity contribution is -0.130. The Morgan fingerprint density at radius 2 is 1.80 bits per heavy atom. The van der Waals surface area contributed by atoms with Gasteiger partial charge in [0.1, 0.15) is 0 Å². The Morgan fingerprint density at radius 1 is 1.20 bits per heavy atom. The van der Waals surface area contributed by atoms with Crippen LogP contribution in [0.4, 0.5) is 0 Å². The van der Waals surface area contributed by atoms with E-state index in [-0.39, 0.29) is 16.9 Å². The molecule has 0 aliphatic heterocycles. The number of aldehydes is 1. The lowest BCUT2D eigenvalue weighted by Crippen LogP contribution is -2.44. The van der Waals surface area contributed by atoms with Gasteiger partial charge in [-0.05, 0) is 31.0 Å². The van der Waals surface area contributed by atoms with Gasteiger partial charge in [0.2, 0.25) is 0 Å². The Balaban J connectivity index is 4.58. The van der Waals surface area contributed by atoms with Crippen molar-refractivity contribution in [1.82, 2.24) is 0 Å². The first-order chi connectivity index (χ1) is 9.14. The minimum absolute atomic E-state index is 0.117. The molecule has 4 heteroatoms. The quantitative estimate of drug-likeness (QED) is 0.258. The summed E-state index contributed by atoms with van der Waals surface area (Å²) in [5.74, 6) is -0.315. The van der Waals surface area contributed by atoms with Crippen LogP contribution >= 0.6 is 0 Å². The van der Waals surface area contributed by atoms with Gasteiger partial charge in [0.15, 0.2) is 20.4 Å². The fourth-order valence-electron chi connectivity index (χ4n) is 1.84. The molecule has 1 atom stereocenters. The molecule has 0 fully saturated rings. The standard InChI is InChI=1S/C16H32O3Si/c1-7-8-9-10-15(12-11-14(18)13-17)19-20(5,6)16(2,3)4/h13,15H,7-12H2,1-6H3. The van der Waals surface area contributed by atoms with E-state index in [0.717, 1.165) is 12.8 Å². The number of hydrogen-bond acceptors (Lipinski definition) is 3. The lowest BCUT2D eigenvalue weighted by atomic mass is 10.1. The molecule has 0 aliphatic carbocycles. The molecule has 0 aromatic carbocycles. The lowest BCUT2D eigenvalue weighted by Gasteiger charge is -2.39. The Kier molecular flexibility index (Phi) is 8.52. The minimum Gasteiger partial charge on any atom is -0.414 e. The van der Waals surface area contributed by atoms with Gasteiger partial charge in [-0.15, -0.1) is 0 Å². The first kappa shape index (κ1) is 19.5. The second-order valence-electron chi connectivity index (χ2n) is 7.12. The fourth-order valence-corrected chi connectivity index (χ4v) is 3.26. The maximum atomic E-state index is 11.2. The third kappa shape index (κ3) is 7.34. The van der Waals surface area contributed by atoms with Crippen molar-refractivity contribution in [2.24, 2.45) is 0 Å². The van der Waals surface area contributed by atoms with Gasteiger partial charge in [-0.25, -0.2) is 0 Å². The fraction of sp³-hybridized carbons (Fsp3) is 0.875. The Morgan fingerprint density at radius 3 is 2.25 bits per heavy atom. The van der Waals surface area contributed by atoms with Gasteiger partial charge in [0.25, 0.3) is 0 Å². The number of ketones is 1. The molecule has 0 heterocycles. The summed E-state index contributed by atoms with van der Waals surface area (Å²) in [6, 6.07) is 0. The molecule has 1 unspecified atom stereocenters. The summed E-state index contributed by atoms with van der Waals surface area (Å²) < 4.78 is 6.41. The zero-order chi connectivity index (χ0) is 15.8. The number of carbonyl (C=O) groups excluding carboxylic acids is 2. The maximum Gasteiger partial charge on any atom is 0.195 e. The monoisotopic (exact) mass is 300 g/mol. The number of hydrogen-bond donors (Lipinski definition) is 0. The van der Waals surface area contributed by atoms with Gasteiger partial charge < -0.3 is 4.43 Å². The molecular weight excluding hydrogens is 268 g/mol. The van der Waals surface area contributed by atoms with Crippen LogP contribution in [0.2, 0.25) is 18.1 Å². The number of rotatable bonds is 10. The summed E-state index contributed by atoms with van der Waals surface area (Å²) in [6.45, 7) is 13.3. The molecule has 3 nitrogen and oxygen atoms in total. The molecule has 0 aromatic heterocycles. The van der Waals surface area contributed by atoms with Gasteiger partial charge in [-0.3, -0.25) is 9.59 Å². The van der Waals surface area contributed by atoms with Gasteiger partial charge in [0.05, 0.1) is 0 Å². The van der Waals surface area contributed by atoms with Crippen molar-refractivity contribution in [2.75, 3.05) is 0 Å². The van der Waals surface area contributed by atoms with Crippen LogP contribution in [-0.2, 0) is 14.0 Å². The molecular formula is C16H32O3Si. The Bertz CT molecular complexity index is 305. The third-order valence-electron chi connectivity index (χ3n) is 4.24. The highest BCUT2D eigenvalue weighted by Gasteiger charge is 2.38. The summed E-state index contributed by atoms with van der Waals surface area (Å²) in [5.41, 5.74) is 0. The molecule has 0 saturated heterocycles. The summed E-state index contributed by atoms with van der Waals surface area (Å²) in [4.78, 5) is 21.6. The predicted octanol–water partition coefficient (Wildman–Crippen LogP) is 4.51. The van der Waals surface area contributed by atoms with Gasteiger partial charge in [-0.1, -0.05) is 47.0 Å². The van der Waals surface area contributed by atoms with Gasteiger partial charge in [-0.2, -0.15) is 0 Å². The second kappa shape index (κ2) is 8.73. The van der Waals surface area contributed by atoms with E-state index in [1.807, 2.05) is 0 Å². The van der Waals surface area contributed by atoms with E-state index in [1.165, 1.54) is 12.8 Å². The number of Topliss-reactive ketones (excluding diaryl/α,β-unsaturated/α-hetero) is 1.